The highest BCUT2D eigenvalue weighted by atomic mass is 32.1. The second kappa shape index (κ2) is 5.27. The monoisotopic (exact) mass is 298 g/mol. The Hall–Kier alpha value is -1.24. The molecule has 1 N–H and O–H groups in total. The van der Waals surface area contributed by atoms with Crippen LogP contribution in [0.1, 0.15) is 48.5 Å². The number of rotatable bonds is 3. The van der Waals surface area contributed by atoms with Crippen LogP contribution in [0.3, 0.4) is 0 Å². The summed E-state index contributed by atoms with van der Waals surface area (Å²) < 4.78 is 13.9. The van der Waals surface area contributed by atoms with Crippen molar-refractivity contribution in [3.05, 3.63) is 10.0 Å². The van der Waals surface area contributed by atoms with E-state index >= 15 is 0 Å². The third-order valence-corrected chi connectivity index (χ3v) is 4.82. The van der Waals surface area contributed by atoms with E-state index in [1.54, 1.807) is 23.2 Å². The number of aromatic nitrogens is 2. The van der Waals surface area contributed by atoms with Crippen molar-refractivity contribution in [2.45, 2.75) is 50.7 Å². The molecule has 2 heterocycles. The molecule has 2 fully saturated rings. The molecule has 110 valence electrons. The van der Waals surface area contributed by atoms with Crippen LogP contribution in [0.2, 0.25) is 0 Å². The molecule has 1 unspecified atom stereocenters. The molecule has 0 aromatic carbocycles. The first-order valence-electron chi connectivity index (χ1n) is 7.07. The predicted molar refractivity (Wildman–Crippen MR) is 74.4 cm³/mol. The van der Waals surface area contributed by atoms with Gasteiger partial charge in [-0.2, -0.15) is 0 Å². The van der Waals surface area contributed by atoms with Crippen LogP contribution in [-0.2, 0) is 6.54 Å². The molecule has 2 aliphatic rings. The molecule has 0 radical (unpaired) electrons. The molecule has 1 atom stereocenters. The lowest BCUT2D eigenvalue weighted by Crippen LogP contribution is -2.49. The topological polar surface area (TPSA) is 58.1 Å². The van der Waals surface area contributed by atoms with Gasteiger partial charge in [-0.15, -0.1) is 10.2 Å². The standard InChI is InChI=1S/C13H19FN4OS/c1-13(14)5-2-6-18(8-13)12(19)15-7-10-16-17-11(20-10)9-3-4-9/h9H,2-8H2,1H3,(H,15,19). The highest BCUT2D eigenvalue weighted by Crippen LogP contribution is 2.41. The summed E-state index contributed by atoms with van der Waals surface area (Å²) in [7, 11) is 0. The second-order valence-corrected chi connectivity index (χ2v) is 7.00. The smallest absolute Gasteiger partial charge is 0.317 e. The Labute approximate surface area is 121 Å². The van der Waals surface area contributed by atoms with Crippen molar-refractivity contribution in [1.29, 1.82) is 0 Å². The van der Waals surface area contributed by atoms with E-state index in [0.29, 0.717) is 31.8 Å². The quantitative estimate of drug-likeness (QED) is 0.932. The summed E-state index contributed by atoms with van der Waals surface area (Å²) in [6.07, 6.45) is 3.64. The number of carbonyl (C=O) groups excluding carboxylic acids is 1. The summed E-state index contributed by atoms with van der Waals surface area (Å²) in [4.78, 5) is 13.6. The van der Waals surface area contributed by atoms with Gasteiger partial charge in [0.2, 0.25) is 0 Å². The maximum absolute atomic E-state index is 13.9. The first-order chi connectivity index (χ1) is 9.53. The SMILES string of the molecule is CC1(F)CCCN(C(=O)NCc2nnc(C3CC3)s2)C1. The first-order valence-corrected chi connectivity index (χ1v) is 7.89. The molecule has 1 aromatic heterocycles. The molecular weight excluding hydrogens is 279 g/mol. The van der Waals surface area contributed by atoms with Crippen molar-refractivity contribution in [2.75, 3.05) is 13.1 Å². The van der Waals surface area contributed by atoms with Crippen molar-refractivity contribution in [2.24, 2.45) is 0 Å². The maximum atomic E-state index is 13.9. The van der Waals surface area contributed by atoms with Crippen LogP contribution in [-0.4, -0.2) is 39.9 Å². The number of likely N-dealkylation sites (tertiary alicyclic amines) is 1. The molecule has 0 spiro atoms. The van der Waals surface area contributed by atoms with Crippen LogP contribution in [0.4, 0.5) is 9.18 Å². The Kier molecular flexibility index (Phi) is 3.62. The van der Waals surface area contributed by atoms with Gasteiger partial charge in [-0.1, -0.05) is 11.3 Å². The molecular formula is C13H19FN4OS. The largest absolute Gasteiger partial charge is 0.331 e. The van der Waals surface area contributed by atoms with Crippen molar-refractivity contribution in [3.63, 3.8) is 0 Å². The van der Waals surface area contributed by atoms with E-state index < -0.39 is 5.67 Å². The molecule has 1 aromatic rings. The highest BCUT2D eigenvalue weighted by Gasteiger charge is 2.33. The number of halogens is 1. The van der Waals surface area contributed by atoms with Crippen molar-refractivity contribution >= 4 is 17.4 Å². The second-order valence-electron chi connectivity index (χ2n) is 5.91. The van der Waals surface area contributed by atoms with Crippen molar-refractivity contribution in [3.8, 4) is 0 Å². The van der Waals surface area contributed by atoms with Crippen LogP contribution < -0.4 is 5.32 Å². The minimum absolute atomic E-state index is 0.169. The number of hydrogen-bond donors (Lipinski definition) is 1. The predicted octanol–water partition coefficient (Wildman–Crippen LogP) is 2.45. The third-order valence-electron chi connectivity index (χ3n) is 3.73. The number of nitrogens with zero attached hydrogens (tertiary/aromatic N) is 3. The molecule has 20 heavy (non-hydrogen) atoms. The van der Waals surface area contributed by atoms with Gasteiger partial charge in [0.1, 0.15) is 15.7 Å². The highest BCUT2D eigenvalue weighted by molar-refractivity contribution is 7.11. The normalized spacial score (nSPS) is 26.6. The van der Waals surface area contributed by atoms with Crippen LogP contribution in [0.25, 0.3) is 0 Å². The Bertz CT molecular complexity index is 500. The number of carbonyl (C=O) groups is 1. The lowest BCUT2D eigenvalue weighted by Gasteiger charge is -2.34. The van der Waals surface area contributed by atoms with Gasteiger partial charge in [-0.25, -0.2) is 9.18 Å². The summed E-state index contributed by atoms with van der Waals surface area (Å²) in [5.41, 5.74) is -1.27. The fourth-order valence-electron chi connectivity index (χ4n) is 2.46. The van der Waals surface area contributed by atoms with E-state index in [4.69, 9.17) is 0 Å². The molecule has 5 nitrogen and oxygen atoms in total. The molecule has 0 bridgehead atoms. The fraction of sp³-hybridized carbons (Fsp3) is 0.769. The van der Waals surface area contributed by atoms with Gasteiger partial charge in [0.05, 0.1) is 13.1 Å². The zero-order valence-electron chi connectivity index (χ0n) is 11.6. The zero-order valence-corrected chi connectivity index (χ0v) is 12.4. The summed E-state index contributed by atoms with van der Waals surface area (Å²) in [6.45, 7) is 2.72. The fourth-order valence-corrected chi connectivity index (χ4v) is 3.42. The van der Waals surface area contributed by atoms with Crippen molar-refractivity contribution < 1.29 is 9.18 Å². The number of nitrogens with one attached hydrogen (secondary N) is 1. The summed E-state index contributed by atoms with van der Waals surface area (Å²) in [5, 5.41) is 12.9. The number of piperidine rings is 1. The lowest BCUT2D eigenvalue weighted by molar-refractivity contribution is 0.0763. The summed E-state index contributed by atoms with van der Waals surface area (Å²) >= 11 is 1.56. The Morgan fingerprint density at radius 2 is 2.35 bits per heavy atom. The third kappa shape index (κ3) is 3.26. The van der Waals surface area contributed by atoms with E-state index in [2.05, 4.69) is 15.5 Å². The van der Waals surface area contributed by atoms with Gasteiger partial charge in [-0.3, -0.25) is 0 Å². The van der Waals surface area contributed by atoms with Gasteiger partial charge in [0.15, 0.2) is 0 Å². The number of hydrogen-bond acceptors (Lipinski definition) is 4. The van der Waals surface area contributed by atoms with Crippen molar-refractivity contribution in [1.82, 2.24) is 20.4 Å². The minimum atomic E-state index is -1.27. The molecule has 1 saturated carbocycles. The number of urea groups is 1. The summed E-state index contributed by atoms with van der Waals surface area (Å²) in [6, 6.07) is -0.211. The van der Waals surface area contributed by atoms with E-state index in [0.717, 1.165) is 10.0 Å². The van der Waals surface area contributed by atoms with E-state index in [1.165, 1.54) is 12.8 Å². The van der Waals surface area contributed by atoms with E-state index in [1.807, 2.05) is 0 Å². The van der Waals surface area contributed by atoms with Gasteiger partial charge >= 0.3 is 6.03 Å². The van der Waals surface area contributed by atoms with E-state index in [9.17, 15) is 9.18 Å². The molecule has 1 aliphatic carbocycles. The number of amides is 2. The lowest BCUT2D eigenvalue weighted by atomic mass is 9.97. The van der Waals surface area contributed by atoms with Gasteiger partial charge in [-0.05, 0) is 32.6 Å². The molecule has 1 aliphatic heterocycles. The van der Waals surface area contributed by atoms with Gasteiger partial charge in [0, 0.05) is 12.5 Å². The van der Waals surface area contributed by atoms with Crippen LogP contribution in [0.15, 0.2) is 0 Å². The Morgan fingerprint density at radius 1 is 1.55 bits per heavy atom. The van der Waals surface area contributed by atoms with Crippen LogP contribution in [0.5, 0.6) is 0 Å². The van der Waals surface area contributed by atoms with Crippen LogP contribution in [0, 0.1) is 0 Å². The maximum Gasteiger partial charge on any atom is 0.317 e. The van der Waals surface area contributed by atoms with Gasteiger partial charge in [0.25, 0.3) is 0 Å². The van der Waals surface area contributed by atoms with E-state index in [-0.39, 0.29) is 12.6 Å². The molecule has 3 rings (SSSR count). The average molecular weight is 298 g/mol. The minimum Gasteiger partial charge on any atom is -0.331 e. The average Bonchev–Trinajstić information content (AvgIpc) is 3.14. The summed E-state index contributed by atoms with van der Waals surface area (Å²) in [5.74, 6) is 0.589. The molecule has 1 saturated heterocycles. The molecule has 7 heteroatoms. The number of alkyl halides is 1. The first kappa shape index (κ1) is 13.7. The Morgan fingerprint density at radius 3 is 3.05 bits per heavy atom. The Balaban J connectivity index is 1.50. The van der Waals surface area contributed by atoms with Gasteiger partial charge < -0.3 is 10.2 Å². The zero-order chi connectivity index (χ0) is 14.2. The molecule has 2 amide bonds. The van der Waals surface area contributed by atoms with Crippen LogP contribution >= 0.6 is 11.3 Å².